The summed E-state index contributed by atoms with van der Waals surface area (Å²) in [7, 11) is 0. The van der Waals surface area contributed by atoms with E-state index in [4.69, 9.17) is 4.74 Å². The molecular weight excluding hydrogens is 354 g/mol. The Balaban J connectivity index is 1.76. The van der Waals surface area contributed by atoms with Crippen LogP contribution < -0.4 is 15.4 Å². The Kier molecular flexibility index (Phi) is 5.55. The molecule has 0 aliphatic rings. The molecule has 138 valence electrons. The van der Waals surface area contributed by atoms with Gasteiger partial charge in [0.25, 0.3) is 5.91 Å². The van der Waals surface area contributed by atoms with Gasteiger partial charge in [-0.3, -0.25) is 4.79 Å². The third-order valence-electron chi connectivity index (χ3n) is 3.53. The van der Waals surface area contributed by atoms with Crippen molar-refractivity contribution < 1.29 is 18.3 Å². The van der Waals surface area contributed by atoms with Gasteiger partial charge in [0.05, 0.1) is 12.3 Å². The fourth-order valence-corrected chi connectivity index (χ4v) is 2.31. The second-order valence-corrected chi connectivity index (χ2v) is 5.43. The molecule has 1 amide bonds. The average Bonchev–Trinajstić information content (AvgIpc) is 2.67. The van der Waals surface area contributed by atoms with Gasteiger partial charge in [-0.2, -0.15) is 0 Å². The van der Waals surface area contributed by atoms with Crippen LogP contribution in [0.5, 0.6) is 5.75 Å². The first-order valence-electron chi connectivity index (χ1n) is 8.14. The topological polar surface area (TPSA) is 76.1 Å². The highest BCUT2D eigenvalue weighted by Gasteiger charge is 2.12. The van der Waals surface area contributed by atoms with Gasteiger partial charge in [0.1, 0.15) is 23.6 Å². The van der Waals surface area contributed by atoms with Gasteiger partial charge in [-0.05, 0) is 31.2 Å². The zero-order valence-electron chi connectivity index (χ0n) is 14.4. The van der Waals surface area contributed by atoms with E-state index in [0.717, 1.165) is 12.1 Å². The van der Waals surface area contributed by atoms with E-state index in [1.54, 1.807) is 24.3 Å². The number of halogens is 2. The molecule has 3 rings (SSSR count). The fraction of sp³-hybridized carbons (Fsp3) is 0.105. The molecule has 1 heterocycles. The Morgan fingerprint density at radius 1 is 1.07 bits per heavy atom. The second-order valence-electron chi connectivity index (χ2n) is 5.43. The zero-order valence-corrected chi connectivity index (χ0v) is 14.4. The first-order valence-corrected chi connectivity index (χ1v) is 8.14. The average molecular weight is 370 g/mol. The summed E-state index contributed by atoms with van der Waals surface area (Å²) in [6, 6.07) is 11.8. The quantitative estimate of drug-likeness (QED) is 0.682. The van der Waals surface area contributed by atoms with Crippen LogP contribution in [0, 0.1) is 11.6 Å². The highest BCUT2D eigenvalue weighted by molar-refractivity contribution is 6.04. The standard InChI is InChI=1S/C19H16F2N4O2/c1-2-27-17-6-4-3-5-15(17)25-19(26)16-10-18(23-11-22-16)24-12-7-8-13(20)14(21)9-12/h3-11H,2H2,1H3,(H,25,26)(H,22,23,24). The number of hydrogen-bond acceptors (Lipinski definition) is 5. The summed E-state index contributed by atoms with van der Waals surface area (Å²) in [6.07, 6.45) is 1.20. The number of para-hydroxylation sites is 2. The number of ether oxygens (including phenoxy) is 1. The minimum absolute atomic E-state index is 0.0985. The molecule has 6 nitrogen and oxygen atoms in total. The fourth-order valence-electron chi connectivity index (χ4n) is 2.31. The number of hydrogen-bond donors (Lipinski definition) is 2. The molecule has 0 radical (unpaired) electrons. The van der Waals surface area contributed by atoms with Crippen LogP contribution >= 0.6 is 0 Å². The van der Waals surface area contributed by atoms with Crippen LogP contribution in [-0.2, 0) is 0 Å². The molecule has 27 heavy (non-hydrogen) atoms. The SMILES string of the molecule is CCOc1ccccc1NC(=O)c1cc(Nc2ccc(F)c(F)c2)ncn1. The van der Waals surface area contributed by atoms with Crippen LogP contribution in [0.15, 0.2) is 54.9 Å². The number of carbonyl (C=O) groups is 1. The lowest BCUT2D eigenvalue weighted by atomic mass is 10.2. The van der Waals surface area contributed by atoms with Gasteiger partial charge >= 0.3 is 0 Å². The van der Waals surface area contributed by atoms with E-state index in [2.05, 4.69) is 20.6 Å². The van der Waals surface area contributed by atoms with Crippen molar-refractivity contribution in [2.75, 3.05) is 17.2 Å². The second kappa shape index (κ2) is 8.22. The van der Waals surface area contributed by atoms with Gasteiger partial charge in [-0.25, -0.2) is 18.7 Å². The predicted molar refractivity (Wildman–Crippen MR) is 97.2 cm³/mol. The van der Waals surface area contributed by atoms with E-state index in [0.29, 0.717) is 23.7 Å². The van der Waals surface area contributed by atoms with Crippen molar-refractivity contribution >= 4 is 23.1 Å². The molecule has 0 saturated carbocycles. The summed E-state index contributed by atoms with van der Waals surface area (Å²) in [5.74, 6) is -1.59. The van der Waals surface area contributed by atoms with Crippen molar-refractivity contribution in [3.8, 4) is 5.75 Å². The van der Waals surface area contributed by atoms with Crippen molar-refractivity contribution in [2.24, 2.45) is 0 Å². The minimum Gasteiger partial charge on any atom is -0.492 e. The van der Waals surface area contributed by atoms with Crippen molar-refractivity contribution in [2.45, 2.75) is 6.92 Å². The molecule has 1 aromatic heterocycles. The van der Waals surface area contributed by atoms with E-state index in [1.165, 1.54) is 18.5 Å². The Hall–Kier alpha value is -3.55. The number of benzene rings is 2. The largest absolute Gasteiger partial charge is 0.492 e. The monoisotopic (exact) mass is 370 g/mol. The van der Waals surface area contributed by atoms with Crippen LogP contribution in [0.3, 0.4) is 0 Å². The van der Waals surface area contributed by atoms with Crippen molar-refractivity contribution in [3.63, 3.8) is 0 Å². The number of nitrogens with zero attached hydrogens (tertiary/aromatic N) is 2. The van der Waals surface area contributed by atoms with E-state index < -0.39 is 17.5 Å². The van der Waals surface area contributed by atoms with Crippen LogP contribution in [0.1, 0.15) is 17.4 Å². The van der Waals surface area contributed by atoms with E-state index in [9.17, 15) is 13.6 Å². The molecule has 0 spiro atoms. The molecule has 0 aliphatic heterocycles. The van der Waals surface area contributed by atoms with E-state index in [-0.39, 0.29) is 11.5 Å². The highest BCUT2D eigenvalue weighted by Crippen LogP contribution is 2.24. The number of nitrogens with one attached hydrogen (secondary N) is 2. The first-order chi connectivity index (χ1) is 13.1. The number of carbonyl (C=O) groups excluding carboxylic acids is 1. The smallest absolute Gasteiger partial charge is 0.274 e. The number of anilines is 3. The summed E-state index contributed by atoms with van der Waals surface area (Å²) >= 11 is 0. The highest BCUT2D eigenvalue weighted by atomic mass is 19.2. The van der Waals surface area contributed by atoms with Crippen molar-refractivity contribution in [1.82, 2.24) is 9.97 Å². The Labute approximate surface area is 154 Å². The maximum absolute atomic E-state index is 13.3. The Morgan fingerprint density at radius 2 is 1.89 bits per heavy atom. The predicted octanol–water partition coefficient (Wildman–Crippen LogP) is 4.15. The number of rotatable bonds is 6. The van der Waals surface area contributed by atoms with Gasteiger partial charge in [0.15, 0.2) is 11.6 Å². The summed E-state index contributed by atoms with van der Waals surface area (Å²) in [4.78, 5) is 20.4. The molecule has 8 heteroatoms. The summed E-state index contributed by atoms with van der Waals surface area (Å²) in [5, 5.41) is 5.53. The lowest BCUT2D eigenvalue weighted by Crippen LogP contribution is -2.15. The van der Waals surface area contributed by atoms with Gasteiger partial charge in [-0.15, -0.1) is 0 Å². The van der Waals surface area contributed by atoms with Crippen LogP contribution in [0.25, 0.3) is 0 Å². The van der Waals surface area contributed by atoms with Crippen molar-refractivity contribution in [3.05, 3.63) is 72.2 Å². The normalized spacial score (nSPS) is 10.3. The molecule has 3 aromatic rings. The number of aromatic nitrogens is 2. The molecule has 0 unspecified atom stereocenters. The van der Waals surface area contributed by atoms with Gasteiger partial charge in [0, 0.05) is 17.8 Å². The zero-order chi connectivity index (χ0) is 19.2. The maximum Gasteiger partial charge on any atom is 0.274 e. The van der Waals surface area contributed by atoms with Crippen LogP contribution in [0.2, 0.25) is 0 Å². The molecule has 0 fully saturated rings. The number of amides is 1. The molecule has 0 saturated heterocycles. The minimum atomic E-state index is -0.987. The molecule has 0 bridgehead atoms. The summed E-state index contributed by atoms with van der Waals surface area (Å²) < 4.78 is 31.8. The van der Waals surface area contributed by atoms with Crippen molar-refractivity contribution in [1.29, 1.82) is 0 Å². The lowest BCUT2D eigenvalue weighted by Gasteiger charge is -2.11. The lowest BCUT2D eigenvalue weighted by molar-refractivity contribution is 0.102. The summed E-state index contributed by atoms with van der Waals surface area (Å²) in [6.45, 7) is 2.31. The molecule has 2 aromatic carbocycles. The third-order valence-corrected chi connectivity index (χ3v) is 3.53. The van der Waals surface area contributed by atoms with E-state index in [1.807, 2.05) is 6.92 Å². The van der Waals surface area contributed by atoms with Crippen LogP contribution in [-0.4, -0.2) is 22.5 Å². The molecule has 0 atom stereocenters. The van der Waals surface area contributed by atoms with E-state index >= 15 is 0 Å². The van der Waals surface area contributed by atoms with Gasteiger partial charge < -0.3 is 15.4 Å². The third kappa shape index (κ3) is 4.55. The Bertz CT molecular complexity index is 966. The molecule has 0 aliphatic carbocycles. The maximum atomic E-state index is 13.3. The first kappa shape index (κ1) is 18.2. The summed E-state index contributed by atoms with van der Waals surface area (Å²) in [5.41, 5.74) is 0.903. The van der Waals surface area contributed by atoms with Gasteiger partial charge in [-0.1, -0.05) is 12.1 Å². The molecule has 2 N–H and O–H groups in total. The molecular formula is C19H16F2N4O2. The Morgan fingerprint density at radius 3 is 2.67 bits per heavy atom. The van der Waals surface area contributed by atoms with Gasteiger partial charge in [0.2, 0.25) is 0 Å². The van der Waals surface area contributed by atoms with Crippen LogP contribution in [0.4, 0.5) is 26.0 Å².